The molecule has 6 heteroatoms. The van der Waals surface area contributed by atoms with Crippen LogP contribution in [0.3, 0.4) is 0 Å². The van der Waals surface area contributed by atoms with Crippen molar-refractivity contribution in [3.8, 4) is 0 Å². The van der Waals surface area contributed by atoms with Crippen LogP contribution < -0.4 is 10.6 Å². The largest absolute Gasteiger partial charge is 0.347 e. The smallest absolute Gasteiger partial charge is 0.270 e. The molecule has 2 aromatic rings. The van der Waals surface area contributed by atoms with Crippen molar-refractivity contribution in [1.29, 1.82) is 0 Å². The van der Waals surface area contributed by atoms with Gasteiger partial charge in [0.2, 0.25) is 5.91 Å². The molecule has 0 spiro atoms. The van der Waals surface area contributed by atoms with Gasteiger partial charge < -0.3 is 10.6 Å². The Hall–Kier alpha value is -2.40. The van der Waals surface area contributed by atoms with Gasteiger partial charge >= 0.3 is 0 Å². The maximum Gasteiger partial charge on any atom is 0.270 e. The Morgan fingerprint density at radius 2 is 2.00 bits per heavy atom. The van der Waals surface area contributed by atoms with Crippen LogP contribution in [-0.2, 0) is 4.79 Å². The van der Waals surface area contributed by atoms with Crippen molar-refractivity contribution in [2.75, 3.05) is 0 Å². The molecule has 2 heterocycles. The number of hydrogen-bond acceptors (Lipinski definition) is 3. The zero-order valence-corrected chi connectivity index (χ0v) is 13.1. The third-order valence-electron chi connectivity index (χ3n) is 3.84. The number of rotatable bonds is 3. The van der Waals surface area contributed by atoms with E-state index in [1.54, 1.807) is 12.1 Å². The third-order valence-corrected chi connectivity index (χ3v) is 4.06. The van der Waals surface area contributed by atoms with Gasteiger partial charge in [-0.15, -0.1) is 0 Å². The predicted octanol–water partition coefficient (Wildman–Crippen LogP) is 2.48. The Bertz CT molecular complexity index is 704. The fraction of sp³-hybridized carbons (Fsp3) is 0.235. The van der Waals surface area contributed by atoms with E-state index in [-0.39, 0.29) is 23.9 Å². The molecule has 1 aromatic carbocycles. The molecule has 0 radical (unpaired) electrons. The van der Waals surface area contributed by atoms with E-state index in [4.69, 9.17) is 11.6 Å². The molecule has 0 saturated carbocycles. The van der Waals surface area contributed by atoms with Gasteiger partial charge in [-0.05, 0) is 24.1 Å². The normalized spacial score (nSPS) is 20.7. The van der Waals surface area contributed by atoms with E-state index < -0.39 is 0 Å². The van der Waals surface area contributed by atoms with Gasteiger partial charge in [0.15, 0.2) is 0 Å². The standard InChI is InChI=1S/C17H16ClN3O2/c18-12-6-7-14(19-10-12)17(23)20-13-8-9-15(22)21-16(13)11-4-2-1-3-5-11/h1-7,10,13,16H,8-9H2,(H,20,23)(H,21,22)/t13-,16+/m1/s1. The second kappa shape index (κ2) is 6.79. The summed E-state index contributed by atoms with van der Waals surface area (Å²) in [5, 5.41) is 6.40. The first-order valence-electron chi connectivity index (χ1n) is 7.40. The molecular formula is C17H16ClN3O2. The van der Waals surface area contributed by atoms with Crippen LogP contribution in [0.25, 0.3) is 0 Å². The van der Waals surface area contributed by atoms with Crippen molar-refractivity contribution in [2.24, 2.45) is 0 Å². The van der Waals surface area contributed by atoms with Crippen LogP contribution in [0.2, 0.25) is 5.02 Å². The lowest BCUT2D eigenvalue weighted by molar-refractivity contribution is -0.123. The molecule has 2 atom stereocenters. The highest BCUT2D eigenvalue weighted by Gasteiger charge is 2.31. The summed E-state index contributed by atoms with van der Waals surface area (Å²) in [6.45, 7) is 0. The van der Waals surface area contributed by atoms with Crippen LogP contribution >= 0.6 is 11.6 Å². The molecule has 1 fully saturated rings. The Morgan fingerprint density at radius 1 is 1.22 bits per heavy atom. The molecule has 1 saturated heterocycles. The number of halogens is 1. The monoisotopic (exact) mass is 329 g/mol. The molecule has 0 unspecified atom stereocenters. The number of nitrogens with zero attached hydrogens (tertiary/aromatic N) is 1. The Kier molecular flexibility index (Phi) is 4.57. The van der Waals surface area contributed by atoms with Crippen LogP contribution in [0.5, 0.6) is 0 Å². The van der Waals surface area contributed by atoms with Crippen molar-refractivity contribution in [3.63, 3.8) is 0 Å². The van der Waals surface area contributed by atoms with Crippen molar-refractivity contribution >= 4 is 23.4 Å². The van der Waals surface area contributed by atoms with Crippen molar-refractivity contribution in [1.82, 2.24) is 15.6 Å². The van der Waals surface area contributed by atoms with E-state index in [2.05, 4.69) is 15.6 Å². The lowest BCUT2D eigenvalue weighted by Gasteiger charge is -2.33. The zero-order valence-electron chi connectivity index (χ0n) is 12.3. The topological polar surface area (TPSA) is 71.1 Å². The van der Waals surface area contributed by atoms with Gasteiger partial charge in [-0.25, -0.2) is 4.98 Å². The Balaban J connectivity index is 1.77. The molecule has 23 heavy (non-hydrogen) atoms. The highest BCUT2D eigenvalue weighted by Crippen LogP contribution is 2.24. The number of benzene rings is 1. The number of piperidine rings is 1. The van der Waals surface area contributed by atoms with E-state index in [0.29, 0.717) is 23.6 Å². The van der Waals surface area contributed by atoms with Gasteiger partial charge in [0, 0.05) is 12.6 Å². The second-order valence-corrected chi connectivity index (χ2v) is 5.87. The molecule has 1 aliphatic heterocycles. The van der Waals surface area contributed by atoms with E-state index in [9.17, 15) is 9.59 Å². The molecule has 2 N–H and O–H groups in total. The van der Waals surface area contributed by atoms with Crippen molar-refractivity contribution in [2.45, 2.75) is 24.9 Å². The van der Waals surface area contributed by atoms with E-state index in [0.717, 1.165) is 5.56 Å². The average molecular weight is 330 g/mol. The molecule has 0 bridgehead atoms. The molecule has 118 valence electrons. The number of nitrogens with one attached hydrogen (secondary N) is 2. The maximum absolute atomic E-state index is 12.4. The van der Waals surface area contributed by atoms with Gasteiger partial charge in [0.05, 0.1) is 17.1 Å². The fourth-order valence-corrected chi connectivity index (χ4v) is 2.80. The summed E-state index contributed by atoms with van der Waals surface area (Å²) in [4.78, 5) is 28.1. The van der Waals surface area contributed by atoms with Crippen molar-refractivity contribution in [3.05, 3.63) is 64.9 Å². The number of carbonyl (C=O) groups excluding carboxylic acids is 2. The molecule has 3 rings (SSSR count). The molecular weight excluding hydrogens is 314 g/mol. The maximum atomic E-state index is 12.4. The summed E-state index contributed by atoms with van der Waals surface area (Å²) < 4.78 is 0. The molecule has 2 amide bonds. The summed E-state index contributed by atoms with van der Waals surface area (Å²) in [7, 11) is 0. The first kappa shape index (κ1) is 15.5. The van der Waals surface area contributed by atoms with E-state index in [1.807, 2.05) is 30.3 Å². The number of hydrogen-bond donors (Lipinski definition) is 2. The quantitative estimate of drug-likeness (QED) is 0.908. The predicted molar refractivity (Wildman–Crippen MR) is 87.1 cm³/mol. The van der Waals surface area contributed by atoms with Gasteiger partial charge in [-0.2, -0.15) is 0 Å². The van der Waals surface area contributed by atoms with Crippen molar-refractivity contribution < 1.29 is 9.59 Å². The number of aromatic nitrogens is 1. The second-order valence-electron chi connectivity index (χ2n) is 5.44. The summed E-state index contributed by atoms with van der Waals surface area (Å²) in [5.41, 5.74) is 1.27. The van der Waals surface area contributed by atoms with Gasteiger partial charge in [0.1, 0.15) is 5.69 Å². The van der Waals surface area contributed by atoms with Crippen LogP contribution in [0, 0.1) is 0 Å². The van der Waals surface area contributed by atoms with E-state index >= 15 is 0 Å². The highest BCUT2D eigenvalue weighted by molar-refractivity contribution is 6.30. The average Bonchev–Trinajstić information content (AvgIpc) is 2.58. The molecule has 0 aliphatic carbocycles. The minimum atomic E-state index is -0.274. The number of pyridine rings is 1. The van der Waals surface area contributed by atoms with Crippen LogP contribution in [-0.4, -0.2) is 22.8 Å². The first-order valence-corrected chi connectivity index (χ1v) is 7.78. The fourth-order valence-electron chi connectivity index (χ4n) is 2.68. The zero-order chi connectivity index (χ0) is 16.2. The SMILES string of the molecule is O=C1CC[C@@H](NC(=O)c2ccc(Cl)cn2)[C@H](c2ccccc2)N1. The summed E-state index contributed by atoms with van der Waals surface area (Å²) >= 11 is 5.79. The van der Waals surface area contributed by atoms with Crippen LogP contribution in [0.4, 0.5) is 0 Å². The summed E-state index contributed by atoms with van der Waals surface area (Å²) in [6.07, 6.45) is 2.42. The van der Waals surface area contributed by atoms with Gasteiger partial charge in [-0.1, -0.05) is 41.9 Å². The Morgan fingerprint density at radius 3 is 2.70 bits per heavy atom. The third kappa shape index (κ3) is 3.68. The lowest BCUT2D eigenvalue weighted by atomic mass is 9.92. The molecule has 1 aromatic heterocycles. The highest BCUT2D eigenvalue weighted by atomic mass is 35.5. The Labute approximate surface area is 139 Å². The van der Waals surface area contributed by atoms with E-state index in [1.165, 1.54) is 6.20 Å². The molecule has 1 aliphatic rings. The number of carbonyl (C=O) groups is 2. The number of amides is 2. The minimum absolute atomic E-state index is 0.00558. The van der Waals surface area contributed by atoms with Gasteiger partial charge in [0.25, 0.3) is 5.91 Å². The minimum Gasteiger partial charge on any atom is -0.347 e. The lowest BCUT2D eigenvalue weighted by Crippen LogP contribution is -2.50. The van der Waals surface area contributed by atoms with Gasteiger partial charge in [-0.3, -0.25) is 9.59 Å². The van der Waals surface area contributed by atoms with Crippen LogP contribution in [0.15, 0.2) is 48.7 Å². The summed E-state index contributed by atoms with van der Waals surface area (Å²) in [6, 6.07) is 12.4. The first-order chi connectivity index (χ1) is 11.1. The van der Waals surface area contributed by atoms with Crippen LogP contribution in [0.1, 0.15) is 34.9 Å². The summed E-state index contributed by atoms with van der Waals surface area (Å²) in [5.74, 6) is -0.280. The molecule has 5 nitrogen and oxygen atoms in total.